The van der Waals surface area contributed by atoms with Gasteiger partial charge in [0.15, 0.2) is 0 Å². The van der Waals surface area contributed by atoms with Crippen LogP contribution in [0.5, 0.6) is 0 Å². The molecule has 3 aromatic heterocycles. The molecule has 0 atom stereocenters. The number of rotatable bonds is 3. The predicted molar refractivity (Wildman–Crippen MR) is 295 cm³/mol. The third kappa shape index (κ3) is 5.90. The Hall–Kier alpha value is -6.04. The highest BCUT2D eigenvalue weighted by molar-refractivity contribution is 7.25. The first-order valence-corrected chi connectivity index (χ1v) is 25.7. The summed E-state index contributed by atoms with van der Waals surface area (Å²) in [7, 11) is 0.701. The van der Waals surface area contributed by atoms with Gasteiger partial charge in [0.1, 0.15) is 5.58 Å². The Kier molecular flexibility index (Phi) is 8.42. The highest BCUT2D eigenvalue weighted by Gasteiger charge is 2.43. The first-order chi connectivity index (χ1) is 32.2. The van der Waals surface area contributed by atoms with Gasteiger partial charge in [0.2, 0.25) is 7.28 Å². The van der Waals surface area contributed by atoms with Gasteiger partial charge >= 0.3 is 0 Å². The second-order valence-electron chi connectivity index (χ2n) is 24.5. The van der Waals surface area contributed by atoms with E-state index in [1.807, 2.05) is 11.3 Å². The molecule has 3 nitrogen and oxygen atoms in total. The summed E-state index contributed by atoms with van der Waals surface area (Å²) >= 11 is 1.89. The Morgan fingerprint density at radius 2 is 1.22 bits per heavy atom. The normalized spacial score (nSPS) is 16.6. The Morgan fingerprint density at radius 3 is 1.96 bits per heavy atom. The third-order valence-electron chi connectivity index (χ3n) is 16.8. The Morgan fingerprint density at radius 1 is 0.559 bits per heavy atom. The van der Waals surface area contributed by atoms with Crippen molar-refractivity contribution in [3.8, 4) is 27.9 Å². The Labute approximate surface area is 405 Å². The predicted octanol–water partition coefficient (Wildman–Crippen LogP) is 16.3. The summed E-state index contributed by atoms with van der Waals surface area (Å²) in [5, 5.41) is 10.5. The van der Waals surface area contributed by atoms with Crippen molar-refractivity contribution in [2.75, 3.05) is 5.32 Å². The van der Waals surface area contributed by atoms with Crippen LogP contribution in [-0.2, 0) is 27.1 Å². The Bertz CT molecular complexity index is 3840. The maximum Gasteiger partial charge on any atom is 0.244 e. The lowest BCUT2D eigenvalue weighted by atomic mass is 9.62. The van der Waals surface area contributed by atoms with Crippen molar-refractivity contribution in [2.45, 2.75) is 123 Å². The number of aromatic nitrogens is 1. The smallest absolute Gasteiger partial charge is 0.244 e. The summed E-state index contributed by atoms with van der Waals surface area (Å²) in [6, 6.07) is 44.9. The van der Waals surface area contributed by atoms with Crippen LogP contribution >= 0.6 is 11.3 Å². The SMILES string of the molecule is CC(C)(C)c1ccc(Nc2cc3c(cc2-c2ccc4c5cc6c(cc5n5c4c2Bc2oc4ccc(C(C)(C)C)cc4c2-5)sc2ccccc26)C(C)(C)c2cc4c(cc2-3)C(C)(C)CCC4(C)C)cc1. The first-order valence-electron chi connectivity index (χ1n) is 24.9. The molecule has 3 aliphatic rings. The number of nitrogens with zero attached hydrogens (tertiary/aromatic N) is 1. The first kappa shape index (κ1) is 42.1. The zero-order valence-electron chi connectivity index (χ0n) is 41.9. The van der Waals surface area contributed by atoms with Crippen molar-refractivity contribution in [2.24, 2.45) is 0 Å². The number of nitrogens with one attached hydrogen (secondary N) is 1. The lowest BCUT2D eigenvalue weighted by Crippen LogP contribution is -2.36. The zero-order valence-corrected chi connectivity index (χ0v) is 42.7. The van der Waals surface area contributed by atoms with Gasteiger partial charge in [-0.15, -0.1) is 11.3 Å². The molecule has 10 aromatic rings. The van der Waals surface area contributed by atoms with E-state index in [-0.39, 0.29) is 27.1 Å². The van der Waals surface area contributed by atoms with Crippen LogP contribution in [0.4, 0.5) is 11.4 Å². The maximum atomic E-state index is 7.05. The molecule has 13 rings (SSSR count). The molecule has 0 saturated carbocycles. The van der Waals surface area contributed by atoms with Gasteiger partial charge in [0.25, 0.3) is 0 Å². The van der Waals surface area contributed by atoms with E-state index in [2.05, 4.69) is 208 Å². The summed E-state index contributed by atoms with van der Waals surface area (Å²) in [5.74, 6) is 0. The maximum absolute atomic E-state index is 7.05. The van der Waals surface area contributed by atoms with E-state index in [1.165, 1.54) is 127 Å². The summed E-state index contributed by atoms with van der Waals surface area (Å²) < 4.78 is 12.3. The second kappa shape index (κ2) is 13.6. The number of fused-ring (bicyclic) bond motifs is 14. The van der Waals surface area contributed by atoms with Crippen molar-refractivity contribution in [3.05, 3.63) is 149 Å². The molecule has 1 aliphatic heterocycles. The van der Waals surface area contributed by atoms with Crippen LogP contribution in [0.15, 0.2) is 120 Å². The van der Waals surface area contributed by atoms with Crippen LogP contribution in [0, 0.1) is 0 Å². The molecule has 7 aromatic carbocycles. The highest BCUT2D eigenvalue weighted by Crippen LogP contribution is 2.56. The van der Waals surface area contributed by atoms with Crippen LogP contribution < -0.4 is 16.4 Å². The van der Waals surface area contributed by atoms with E-state index >= 15 is 0 Å². The van der Waals surface area contributed by atoms with Gasteiger partial charge in [-0.05, 0) is 151 Å². The molecule has 68 heavy (non-hydrogen) atoms. The quantitative estimate of drug-likeness (QED) is 0.179. The monoisotopic (exact) mass is 904 g/mol. The van der Waals surface area contributed by atoms with E-state index in [4.69, 9.17) is 4.42 Å². The van der Waals surface area contributed by atoms with E-state index < -0.39 is 0 Å². The lowest BCUT2D eigenvalue weighted by molar-refractivity contribution is 0.331. The molecule has 1 N–H and O–H groups in total. The molecular formula is C63H61BN2OS. The van der Waals surface area contributed by atoms with Gasteiger partial charge in [0.05, 0.1) is 16.9 Å². The molecule has 2 aliphatic carbocycles. The van der Waals surface area contributed by atoms with Gasteiger partial charge < -0.3 is 14.3 Å². The highest BCUT2D eigenvalue weighted by atomic mass is 32.1. The molecule has 338 valence electrons. The minimum absolute atomic E-state index is 0.00138. The molecule has 0 radical (unpaired) electrons. The molecule has 0 spiro atoms. The molecule has 5 heteroatoms. The molecule has 0 saturated heterocycles. The number of anilines is 2. The molecule has 0 unspecified atom stereocenters. The van der Waals surface area contributed by atoms with Crippen LogP contribution in [-0.4, -0.2) is 11.8 Å². The van der Waals surface area contributed by atoms with Gasteiger partial charge in [0, 0.05) is 64.2 Å². The van der Waals surface area contributed by atoms with Crippen molar-refractivity contribution < 1.29 is 4.42 Å². The lowest BCUT2D eigenvalue weighted by Gasteiger charge is -2.42. The van der Waals surface area contributed by atoms with E-state index in [0.717, 1.165) is 22.6 Å². The summed E-state index contributed by atoms with van der Waals surface area (Å²) in [5.41, 5.74) is 23.1. The average Bonchev–Trinajstić information content (AvgIpc) is 4.00. The Balaban J connectivity index is 1.10. The largest absolute Gasteiger partial charge is 0.469 e. The van der Waals surface area contributed by atoms with Crippen LogP contribution in [0.3, 0.4) is 0 Å². The molecule has 0 fully saturated rings. The number of hydrogen-bond acceptors (Lipinski definition) is 3. The second-order valence-corrected chi connectivity index (χ2v) is 25.6. The van der Waals surface area contributed by atoms with E-state index in [1.54, 1.807) is 0 Å². The van der Waals surface area contributed by atoms with Gasteiger partial charge in [-0.3, -0.25) is 0 Å². The summed E-state index contributed by atoms with van der Waals surface area (Å²) in [4.78, 5) is 0. The van der Waals surface area contributed by atoms with Crippen molar-refractivity contribution in [3.63, 3.8) is 0 Å². The fourth-order valence-corrected chi connectivity index (χ4v) is 13.7. The number of benzene rings is 7. The van der Waals surface area contributed by atoms with Gasteiger partial charge in [-0.2, -0.15) is 0 Å². The average molecular weight is 905 g/mol. The number of hydrogen-bond donors (Lipinski definition) is 1. The zero-order chi connectivity index (χ0) is 47.2. The van der Waals surface area contributed by atoms with Crippen molar-refractivity contribution >= 4 is 94.1 Å². The molecular weight excluding hydrogens is 844 g/mol. The van der Waals surface area contributed by atoms with Crippen molar-refractivity contribution in [1.29, 1.82) is 0 Å². The van der Waals surface area contributed by atoms with E-state index in [0.29, 0.717) is 7.28 Å². The number of furan rings is 1. The van der Waals surface area contributed by atoms with Gasteiger partial charge in [-0.25, -0.2) is 0 Å². The third-order valence-corrected chi connectivity index (χ3v) is 17.9. The summed E-state index contributed by atoms with van der Waals surface area (Å²) in [6.45, 7) is 28.5. The minimum Gasteiger partial charge on any atom is -0.469 e. The fraction of sp³-hybridized carbons (Fsp3) is 0.302. The van der Waals surface area contributed by atoms with Gasteiger partial charge in [-0.1, -0.05) is 138 Å². The van der Waals surface area contributed by atoms with Crippen LogP contribution in [0.2, 0.25) is 0 Å². The standard InChI is InChI=1S/C63H61BN2OS/c1-59(2,3)34-17-20-36(21-18-34)65-50-31-41-40-29-48-49(62(9,10)26-25-61(48,7)8)32-47(40)63(11,12)46(41)30-42(50)38-22-23-39-43-28-44-37-15-13-14-16-53(37)68-54(44)33-51(43)66-56(39)55(38)64-58-57(66)45-27-35(60(4,5)6)19-24-52(45)67-58/h13-24,27-33,64-65H,25-26H2,1-12H3. The summed E-state index contributed by atoms with van der Waals surface area (Å²) in [6.07, 6.45) is 2.40. The number of thiophene rings is 1. The van der Waals surface area contributed by atoms with Crippen molar-refractivity contribution in [1.82, 2.24) is 4.57 Å². The molecule has 0 bridgehead atoms. The molecule has 0 amide bonds. The van der Waals surface area contributed by atoms with Crippen LogP contribution in [0.1, 0.15) is 129 Å². The molecule has 4 heterocycles. The fourth-order valence-electron chi connectivity index (χ4n) is 12.6. The minimum atomic E-state index is -0.194. The van der Waals surface area contributed by atoms with E-state index in [9.17, 15) is 0 Å². The topological polar surface area (TPSA) is 30.1 Å². The van der Waals surface area contributed by atoms with Crippen LogP contribution in [0.25, 0.3) is 80.9 Å².